The van der Waals surface area contributed by atoms with Gasteiger partial charge in [0.15, 0.2) is 0 Å². The predicted octanol–water partition coefficient (Wildman–Crippen LogP) is 2.13. The molecule has 1 nitrogen and oxygen atoms in total. The van der Waals surface area contributed by atoms with Crippen LogP contribution in [-0.4, -0.2) is 12.1 Å². The lowest BCUT2D eigenvalue weighted by Gasteiger charge is -2.48. The number of rotatable bonds is 2. The lowest BCUT2D eigenvalue weighted by atomic mass is 9.59. The fraction of sp³-hybridized carbons (Fsp3) is 1.00. The van der Waals surface area contributed by atoms with Gasteiger partial charge in [-0.3, -0.25) is 0 Å². The average molecular weight is 203 g/mol. The second-order valence-corrected chi connectivity index (χ2v) is 7.28. The molecule has 0 saturated heterocycles. The molecule has 15 heavy (non-hydrogen) atoms. The third-order valence-corrected chi connectivity index (χ3v) is 6.85. The minimum Gasteiger partial charge on any atom is -0.311 e. The molecule has 0 amide bonds. The highest BCUT2D eigenvalue weighted by Crippen LogP contribution is 2.82. The summed E-state index contributed by atoms with van der Waals surface area (Å²) in [7, 11) is 0. The van der Waals surface area contributed by atoms with Crippen molar-refractivity contribution in [1.29, 1.82) is 0 Å². The monoisotopic (exact) mass is 203 g/mol. The molecule has 5 aliphatic rings. The van der Waals surface area contributed by atoms with E-state index in [0.29, 0.717) is 6.04 Å². The quantitative estimate of drug-likeness (QED) is 0.725. The highest BCUT2D eigenvalue weighted by atomic mass is 15.0. The van der Waals surface area contributed by atoms with E-state index < -0.39 is 0 Å². The van der Waals surface area contributed by atoms with E-state index >= 15 is 0 Å². The summed E-state index contributed by atoms with van der Waals surface area (Å²) >= 11 is 0. The standard InChI is InChI=1S/C14H21N/c1-5(2)15-14-11-7-4-8-10-6(7)3-9(11)12(10)13(8)14/h5-15H,3-4H2,1-2H3. The lowest BCUT2D eigenvalue weighted by molar-refractivity contribution is 0.00824. The zero-order chi connectivity index (χ0) is 9.89. The van der Waals surface area contributed by atoms with E-state index in [9.17, 15) is 0 Å². The van der Waals surface area contributed by atoms with Gasteiger partial charge in [-0.1, -0.05) is 13.8 Å². The Morgan fingerprint density at radius 3 is 2.20 bits per heavy atom. The zero-order valence-electron chi connectivity index (χ0n) is 9.69. The van der Waals surface area contributed by atoms with Gasteiger partial charge in [-0.15, -0.1) is 0 Å². The Hall–Kier alpha value is -0.0400. The predicted molar refractivity (Wildman–Crippen MR) is 59.2 cm³/mol. The Bertz CT molecular complexity index is 330. The Morgan fingerprint density at radius 2 is 1.47 bits per heavy atom. The molecule has 0 aromatic heterocycles. The van der Waals surface area contributed by atoms with Crippen LogP contribution in [0.5, 0.6) is 0 Å². The molecule has 9 unspecified atom stereocenters. The van der Waals surface area contributed by atoms with Crippen LogP contribution in [0.2, 0.25) is 0 Å². The smallest absolute Gasteiger partial charge is 0.0137 e. The van der Waals surface area contributed by atoms with Gasteiger partial charge < -0.3 is 5.32 Å². The molecule has 5 saturated carbocycles. The molecule has 0 aliphatic heterocycles. The zero-order valence-corrected chi connectivity index (χ0v) is 9.69. The van der Waals surface area contributed by atoms with Crippen molar-refractivity contribution in [2.75, 3.05) is 0 Å². The van der Waals surface area contributed by atoms with Gasteiger partial charge in [0.2, 0.25) is 0 Å². The first-order valence-corrected chi connectivity index (χ1v) is 7.03. The van der Waals surface area contributed by atoms with Crippen LogP contribution in [0.15, 0.2) is 0 Å². The van der Waals surface area contributed by atoms with Crippen LogP contribution in [0, 0.1) is 47.3 Å². The maximum Gasteiger partial charge on any atom is 0.0137 e. The number of fused-ring (bicyclic) bond motifs is 2. The molecule has 0 heterocycles. The number of hydrogen-bond donors (Lipinski definition) is 1. The second-order valence-electron chi connectivity index (χ2n) is 7.28. The van der Waals surface area contributed by atoms with Gasteiger partial charge in [0, 0.05) is 12.1 Å². The van der Waals surface area contributed by atoms with Crippen molar-refractivity contribution < 1.29 is 0 Å². The van der Waals surface area contributed by atoms with E-state index in [4.69, 9.17) is 0 Å². The normalized spacial score (nSPS) is 71.0. The summed E-state index contributed by atoms with van der Waals surface area (Å²) in [5.41, 5.74) is 0. The molecule has 1 heteroatoms. The van der Waals surface area contributed by atoms with Gasteiger partial charge >= 0.3 is 0 Å². The average Bonchev–Trinajstić information content (AvgIpc) is 2.62. The number of hydrogen-bond acceptors (Lipinski definition) is 1. The highest BCUT2D eigenvalue weighted by Gasteiger charge is 2.80. The lowest BCUT2D eigenvalue weighted by Crippen LogP contribution is -2.52. The Labute approximate surface area is 92.0 Å². The summed E-state index contributed by atoms with van der Waals surface area (Å²) in [5.74, 6) is 9.36. The van der Waals surface area contributed by atoms with Gasteiger partial charge in [0.1, 0.15) is 0 Å². The summed E-state index contributed by atoms with van der Waals surface area (Å²) in [4.78, 5) is 0. The number of nitrogens with one attached hydrogen (secondary N) is 1. The maximum absolute atomic E-state index is 3.92. The van der Waals surface area contributed by atoms with E-state index in [0.717, 1.165) is 23.8 Å². The highest BCUT2D eigenvalue weighted by molar-refractivity contribution is 5.29. The molecule has 9 atom stereocenters. The van der Waals surface area contributed by atoms with Crippen LogP contribution in [0.25, 0.3) is 0 Å². The molecule has 0 aromatic rings. The Morgan fingerprint density at radius 1 is 0.800 bits per heavy atom. The molecular weight excluding hydrogens is 182 g/mol. The van der Waals surface area contributed by atoms with Gasteiger partial charge in [0.05, 0.1) is 0 Å². The van der Waals surface area contributed by atoms with Crippen LogP contribution in [0.4, 0.5) is 0 Å². The maximum atomic E-state index is 3.92. The van der Waals surface area contributed by atoms with Crippen LogP contribution in [0.1, 0.15) is 26.7 Å². The van der Waals surface area contributed by atoms with E-state index in [-0.39, 0.29) is 0 Å². The van der Waals surface area contributed by atoms with Crippen molar-refractivity contribution >= 4 is 0 Å². The largest absolute Gasteiger partial charge is 0.311 e. The molecule has 5 aliphatic carbocycles. The summed E-state index contributed by atoms with van der Waals surface area (Å²) < 4.78 is 0. The van der Waals surface area contributed by atoms with Crippen LogP contribution in [0.3, 0.4) is 0 Å². The summed E-state index contributed by atoms with van der Waals surface area (Å²) in [6.45, 7) is 4.66. The van der Waals surface area contributed by atoms with Gasteiger partial charge in [-0.05, 0) is 60.2 Å². The van der Waals surface area contributed by atoms with Crippen molar-refractivity contribution in [1.82, 2.24) is 5.32 Å². The third kappa shape index (κ3) is 0.638. The summed E-state index contributed by atoms with van der Waals surface area (Å²) in [6, 6.07) is 1.64. The molecular formula is C14H21N. The van der Waals surface area contributed by atoms with Gasteiger partial charge in [-0.25, -0.2) is 0 Å². The molecule has 1 N–H and O–H groups in total. The Kier molecular flexibility index (Phi) is 1.17. The minimum atomic E-state index is 0.699. The SMILES string of the molecule is CC(C)NC1C2C3CC4C5C3CC2C5C41. The molecule has 2 bridgehead atoms. The van der Waals surface area contributed by atoms with Crippen LogP contribution >= 0.6 is 0 Å². The van der Waals surface area contributed by atoms with E-state index in [1.54, 1.807) is 12.8 Å². The Balaban J connectivity index is 1.59. The van der Waals surface area contributed by atoms with Crippen molar-refractivity contribution in [2.45, 2.75) is 38.8 Å². The van der Waals surface area contributed by atoms with Crippen molar-refractivity contribution in [3.63, 3.8) is 0 Å². The van der Waals surface area contributed by atoms with E-state index in [2.05, 4.69) is 19.2 Å². The van der Waals surface area contributed by atoms with Crippen LogP contribution in [-0.2, 0) is 0 Å². The molecule has 0 aromatic carbocycles. The molecule has 5 fully saturated rings. The fourth-order valence-electron chi connectivity index (χ4n) is 7.08. The second kappa shape index (κ2) is 2.16. The fourth-order valence-corrected chi connectivity index (χ4v) is 7.08. The molecule has 82 valence electrons. The van der Waals surface area contributed by atoms with E-state index in [1.807, 2.05) is 0 Å². The first-order chi connectivity index (χ1) is 7.27. The van der Waals surface area contributed by atoms with Gasteiger partial charge in [0.25, 0.3) is 0 Å². The van der Waals surface area contributed by atoms with E-state index in [1.165, 1.54) is 29.6 Å². The van der Waals surface area contributed by atoms with Crippen molar-refractivity contribution in [3.8, 4) is 0 Å². The first-order valence-electron chi connectivity index (χ1n) is 7.03. The molecule has 0 radical (unpaired) electrons. The van der Waals surface area contributed by atoms with Crippen molar-refractivity contribution in [2.24, 2.45) is 47.3 Å². The topological polar surface area (TPSA) is 12.0 Å². The summed E-state index contributed by atoms with van der Waals surface area (Å²) in [6.07, 6.45) is 3.27. The first kappa shape index (κ1) is 8.11. The summed E-state index contributed by atoms with van der Waals surface area (Å²) in [5, 5.41) is 3.92. The van der Waals surface area contributed by atoms with Gasteiger partial charge in [-0.2, -0.15) is 0 Å². The molecule has 5 rings (SSSR count). The van der Waals surface area contributed by atoms with Crippen LogP contribution < -0.4 is 5.32 Å². The molecule has 0 spiro atoms. The third-order valence-electron chi connectivity index (χ3n) is 6.85. The van der Waals surface area contributed by atoms with Crippen molar-refractivity contribution in [3.05, 3.63) is 0 Å². The minimum absolute atomic E-state index is 0.699.